The van der Waals surface area contributed by atoms with Gasteiger partial charge in [-0.2, -0.15) is 0 Å². The molecule has 142 valence electrons. The van der Waals surface area contributed by atoms with Gasteiger partial charge in [0, 0.05) is 45.5 Å². The van der Waals surface area contributed by atoms with Crippen LogP contribution in [0.2, 0.25) is 0 Å². The maximum atomic E-state index is 13.3. The number of hydrogen-bond acceptors (Lipinski definition) is 5. The first-order valence-corrected chi connectivity index (χ1v) is 9.67. The molecule has 2 aliphatic heterocycles. The smallest absolute Gasteiger partial charge is 0.244 e. The lowest BCUT2D eigenvalue weighted by Gasteiger charge is -2.41. The fraction of sp³-hybridized carbons (Fsp3) is 0.429. The molecule has 4 rings (SSSR count). The summed E-state index contributed by atoms with van der Waals surface area (Å²) < 4.78 is 0. The predicted octanol–water partition coefficient (Wildman–Crippen LogP) is 2.20. The van der Waals surface area contributed by atoms with Crippen LogP contribution in [0.15, 0.2) is 48.7 Å². The summed E-state index contributed by atoms with van der Waals surface area (Å²) in [6, 6.07) is 14.0. The van der Waals surface area contributed by atoms with Crippen molar-refractivity contribution in [3.63, 3.8) is 0 Å². The number of rotatable bonds is 3. The number of likely N-dealkylation sites (N-methyl/N-ethyl adjacent to an activating group) is 1. The second kappa shape index (κ2) is 7.66. The molecule has 0 spiro atoms. The summed E-state index contributed by atoms with van der Waals surface area (Å²) in [4.78, 5) is 26.6. The summed E-state index contributed by atoms with van der Waals surface area (Å²) >= 11 is 0. The second-order valence-electron chi connectivity index (χ2n) is 7.33. The van der Waals surface area contributed by atoms with Gasteiger partial charge < -0.3 is 14.7 Å². The Balaban J connectivity index is 1.58. The van der Waals surface area contributed by atoms with Gasteiger partial charge in [0.2, 0.25) is 5.91 Å². The van der Waals surface area contributed by atoms with Crippen molar-refractivity contribution in [2.75, 3.05) is 56.1 Å². The molecule has 0 bridgehead atoms. The van der Waals surface area contributed by atoms with Crippen LogP contribution in [0.1, 0.15) is 6.92 Å². The Kier molecular flexibility index (Phi) is 5.09. The molecule has 1 aromatic carbocycles. The Labute approximate surface area is 161 Å². The van der Waals surface area contributed by atoms with E-state index in [0.717, 1.165) is 49.9 Å². The van der Waals surface area contributed by atoms with Crippen molar-refractivity contribution in [1.82, 2.24) is 14.8 Å². The molecule has 6 heteroatoms. The Bertz CT molecular complexity index is 788. The van der Waals surface area contributed by atoms with Crippen molar-refractivity contribution in [2.24, 2.45) is 0 Å². The van der Waals surface area contributed by atoms with Crippen molar-refractivity contribution in [3.05, 3.63) is 48.7 Å². The summed E-state index contributed by atoms with van der Waals surface area (Å²) in [6.07, 6.45) is 1.81. The first-order chi connectivity index (χ1) is 13.1. The van der Waals surface area contributed by atoms with Crippen LogP contribution < -0.4 is 9.80 Å². The molecular weight excluding hydrogens is 338 g/mol. The summed E-state index contributed by atoms with van der Waals surface area (Å²) in [7, 11) is 2.14. The molecule has 2 aromatic rings. The third-order valence-electron chi connectivity index (χ3n) is 5.65. The first kappa shape index (κ1) is 17.9. The topological polar surface area (TPSA) is 42.9 Å². The van der Waals surface area contributed by atoms with Crippen molar-refractivity contribution in [1.29, 1.82) is 0 Å². The van der Waals surface area contributed by atoms with E-state index in [1.807, 2.05) is 54.4 Å². The number of amides is 1. The van der Waals surface area contributed by atoms with E-state index in [-0.39, 0.29) is 11.9 Å². The maximum Gasteiger partial charge on any atom is 0.244 e. The average molecular weight is 365 g/mol. The van der Waals surface area contributed by atoms with Gasteiger partial charge in [0.1, 0.15) is 5.82 Å². The Morgan fingerprint density at radius 1 is 0.926 bits per heavy atom. The van der Waals surface area contributed by atoms with E-state index in [1.165, 1.54) is 0 Å². The van der Waals surface area contributed by atoms with Gasteiger partial charge in [0.15, 0.2) is 0 Å². The van der Waals surface area contributed by atoms with Crippen LogP contribution in [0, 0.1) is 0 Å². The maximum absolute atomic E-state index is 13.3. The predicted molar refractivity (Wildman–Crippen MR) is 109 cm³/mol. The summed E-state index contributed by atoms with van der Waals surface area (Å²) in [5.41, 5.74) is 2.02. The van der Waals surface area contributed by atoms with Crippen molar-refractivity contribution >= 4 is 23.1 Å². The van der Waals surface area contributed by atoms with Crippen LogP contribution >= 0.6 is 0 Å². The zero-order valence-electron chi connectivity index (χ0n) is 16.1. The molecule has 0 saturated carbocycles. The third kappa shape index (κ3) is 3.55. The molecule has 0 radical (unpaired) electrons. The van der Waals surface area contributed by atoms with Crippen LogP contribution in [-0.2, 0) is 4.79 Å². The molecule has 2 aliphatic rings. The third-order valence-corrected chi connectivity index (χ3v) is 5.65. The van der Waals surface area contributed by atoms with Gasteiger partial charge >= 0.3 is 0 Å². The van der Waals surface area contributed by atoms with Crippen molar-refractivity contribution in [2.45, 2.75) is 13.0 Å². The summed E-state index contributed by atoms with van der Waals surface area (Å²) in [5, 5.41) is 0. The molecule has 0 aliphatic carbocycles. The number of hydrogen-bond donors (Lipinski definition) is 0. The molecule has 6 nitrogen and oxygen atoms in total. The molecule has 1 unspecified atom stereocenters. The fourth-order valence-electron chi connectivity index (χ4n) is 3.93. The van der Waals surface area contributed by atoms with E-state index >= 15 is 0 Å². The standard InChI is InChI=1S/C21H27N5O/c1-17(24-13-11-23(2)12-14-24)21(27)26-16-15-25(20-9-5-6-10-22-20)18-7-3-4-8-19(18)26/h3-10,17H,11-16H2,1-2H3. The Morgan fingerprint density at radius 2 is 1.63 bits per heavy atom. The lowest BCUT2D eigenvalue weighted by atomic mass is 10.1. The van der Waals surface area contributed by atoms with Crippen LogP contribution in [0.25, 0.3) is 0 Å². The number of para-hydroxylation sites is 2. The second-order valence-corrected chi connectivity index (χ2v) is 7.33. The number of fused-ring (bicyclic) bond motifs is 1. The lowest BCUT2D eigenvalue weighted by Crippen LogP contribution is -2.55. The van der Waals surface area contributed by atoms with Crippen LogP contribution in [0.3, 0.4) is 0 Å². The quantitative estimate of drug-likeness (QED) is 0.834. The van der Waals surface area contributed by atoms with Crippen molar-refractivity contribution in [3.8, 4) is 0 Å². The van der Waals surface area contributed by atoms with Gasteiger partial charge in [-0.05, 0) is 38.2 Å². The van der Waals surface area contributed by atoms with Gasteiger partial charge in [-0.3, -0.25) is 9.69 Å². The number of nitrogens with zero attached hydrogens (tertiary/aromatic N) is 5. The van der Waals surface area contributed by atoms with E-state index in [9.17, 15) is 4.79 Å². The molecule has 0 N–H and O–H groups in total. The zero-order chi connectivity index (χ0) is 18.8. The largest absolute Gasteiger partial charge is 0.323 e. The average Bonchev–Trinajstić information content (AvgIpc) is 2.73. The number of aromatic nitrogens is 1. The van der Waals surface area contributed by atoms with E-state index in [4.69, 9.17) is 0 Å². The number of pyridine rings is 1. The van der Waals surface area contributed by atoms with Gasteiger partial charge in [-0.25, -0.2) is 4.98 Å². The molecular formula is C21H27N5O. The minimum Gasteiger partial charge on any atom is -0.323 e. The monoisotopic (exact) mass is 365 g/mol. The molecule has 1 atom stereocenters. The van der Waals surface area contributed by atoms with Crippen molar-refractivity contribution < 1.29 is 4.79 Å². The SMILES string of the molecule is CC(C(=O)N1CCN(c2ccccn2)c2ccccc21)N1CCN(C)CC1. The number of anilines is 3. The van der Waals surface area contributed by atoms with Crippen LogP contribution in [0.5, 0.6) is 0 Å². The first-order valence-electron chi connectivity index (χ1n) is 9.67. The zero-order valence-corrected chi connectivity index (χ0v) is 16.1. The normalized spacial score (nSPS) is 19.6. The Morgan fingerprint density at radius 3 is 2.33 bits per heavy atom. The van der Waals surface area contributed by atoms with Crippen LogP contribution in [0.4, 0.5) is 17.2 Å². The highest BCUT2D eigenvalue weighted by Crippen LogP contribution is 2.37. The number of benzene rings is 1. The van der Waals surface area contributed by atoms with Gasteiger partial charge in [0.25, 0.3) is 0 Å². The molecule has 1 fully saturated rings. The number of piperazine rings is 1. The molecule has 3 heterocycles. The van der Waals surface area contributed by atoms with E-state index < -0.39 is 0 Å². The lowest BCUT2D eigenvalue weighted by molar-refractivity contribution is -0.123. The van der Waals surface area contributed by atoms with Gasteiger partial charge in [0.05, 0.1) is 17.4 Å². The van der Waals surface area contributed by atoms with E-state index in [2.05, 4.69) is 32.8 Å². The molecule has 1 amide bonds. The molecule has 27 heavy (non-hydrogen) atoms. The molecule has 1 saturated heterocycles. The number of carbonyl (C=O) groups is 1. The highest BCUT2D eigenvalue weighted by molar-refractivity contribution is 6.01. The van der Waals surface area contributed by atoms with E-state index in [0.29, 0.717) is 6.54 Å². The summed E-state index contributed by atoms with van der Waals surface area (Å²) in [5.74, 6) is 1.11. The van der Waals surface area contributed by atoms with E-state index in [1.54, 1.807) is 0 Å². The minimum absolute atomic E-state index is 0.104. The van der Waals surface area contributed by atoms with Crippen LogP contribution in [-0.4, -0.2) is 73.0 Å². The minimum atomic E-state index is -0.104. The molecule has 1 aromatic heterocycles. The Hall–Kier alpha value is -2.44. The highest BCUT2D eigenvalue weighted by Gasteiger charge is 2.33. The van der Waals surface area contributed by atoms with Gasteiger partial charge in [-0.15, -0.1) is 0 Å². The number of carbonyl (C=O) groups excluding carboxylic acids is 1. The highest BCUT2D eigenvalue weighted by atomic mass is 16.2. The van der Waals surface area contributed by atoms with Gasteiger partial charge in [-0.1, -0.05) is 18.2 Å². The summed E-state index contributed by atoms with van der Waals surface area (Å²) in [6.45, 7) is 7.38. The fourth-order valence-corrected chi connectivity index (χ4v) is 3.93.